The van der Waals surface area contributed by atoms with Crippen LogP contribution >= 0.6 is 0 Å². The highest BCUT2D eigenvalue weighted by atomic mass is 16.5. The Labute approximate surface area is 864 Å². The molecule has 0 spiro atoms. The van der Waals surface area contributed by atoms with Gasteiger partial charge in [-0.2, -0.15) is 0 Å². The monoisotopic (exact) mass is 2010 g/mol. The molecule has 784 valence electrons. The molecule has 4 aliphatic heterocycles. The van der Waals surface area contributed by atoms with Crippen LogP contribution < -0.4 is 70.8 Å². The molecular formula is C120H148N12O16. The first-order chi connectivity index (χ1) is 68.5. The van der Waals surface area contributed by atoms with Crippen LogP contribution in [0.3, 0.4) is 0 Å². The molecule has 4 aliphatic rings. The Morgan fingerprint density at radius 2 is 0.655 bits per heavy atom. The van der Waals surface area contributed by atoms with E-state index >= 15 is 0 Å². The zero-order chi connectivity index (χ0) is 110. The second-order valence-corrected chi connectivity index (χ2v) is 47.4. The number of nitrogens with one attached hydrogen (secondary N) is 10. The largest absolute Gasteiger partial charge is 0.507 e. The van der Waals surface area contributed by atoms with Crippen LogP contribution in [0.1, 0.15) is 300 Å². The molecule has 5 aromatic heterocycles. The summed E-state index contributed by atoms with van der Waals surface area (Å²) >= 11 is 0. The Bertz CT molecular complexity index is 7490. The molecule has 0 fully saturated rings. The average molecular weight is 2010 g/mol. The number of primary amides is 2. The molecule has 17 N–H and O–H groups in total. The molecule has 14 aromatic rings. The summed E-state index contributed by atoms with van der Waals surface area (Å²) < 4.78 is 5.36. The number of fused-ring (bicyclic) bond motifs is 9. The van der Waals surface area contributed by atoms with Gasteiger partial charge in [0.1, 0.15) is 23.6 Å². The van der Waals surface area contributed by atoms with E-state index in [9.17, 15) is 62.6 Å². The van der Waals surface area contributed by atoms with Gasteiger partial charge in [-0.25, -0.2) is 9.59 Å². The molecule has 0 aliphatic carbocycles. The summed E-state index contributed by atoms with van der Waals surface area (Å²) in [5, 5.41) is 42.9. The first kappa shape index (κ1) is 115. The fourth-order valence-electron chi connectivity index (χ4n) is 16.6. The molecule has 0 saturated carbocycles. The smallest absolute Gasteiger partial charge is 0.336 e. The number of hydrogen-bond donors (Lipinski definition) is 15. The number of pyridine rings is 4. The summed E-state index contributed by atoms with van der Waals surface area (Å²) in [5.41, 5.74) is 31.8. The number of carboxylic acid groups (broad SMARTS) is 2. The normalized spacial score (nSPS) is 14.4. The molecule has 9 aromatic carbocycles. The van der Waals surface area contributed by atoms with E-state index in [0.717, 1.165) is 99.8 Å². The molecule has 28 nitrogen and oxygen atoms in total. The number of amides is 4. The van der Waals surface area contributed by atoms with Gasteiger partial charge in [0.05, 0.1) is 33.4 Å². The standard InChI is InChI=1S/C14H16N2O2.C14H20N2O.C14H15NO3.C14H19NO2.C14H19NO.C13H15NO2.C13H15NO.C12H14N2O2.C12H15NO2/c1-14(2,3)8-4-5-11-9(6-8)10(13(15)18)7-12(17)16-11;1-14(2,3)10-5-7-11-9(8-10)4-6-12(16-11)13(15)17;1-14(2,3)8-4-5-11-9(6-8)10(13(17)18)7-12(16)15-11;1-14(2,3)10-5-7-11-9(8-10)4-6-12(15-11)13(16)17;1-14(2,3)11-7-8-12-10(9-11)5-4-6-13(16)15-12;1-13(2,3)8-4-5-10-9(6-8)11(15)7-12(16)14-10;1-13(2,3)10-5-6-11-9(8-10)4-7-12(15)14-11;1-12(2,3)7-4-5-8-9(6-7)14-11(16)10(15)13-8;1-12(2,3)8-4-5-9-10(6-8)15-7-11(14)13-9/h4-7H,1-3H3,(H2,15,18)(H,16,17);5,7-8,12,16H,4,6H2,1-3H3,(H2,15,17);4-7H,1-3H3,(H,15,16)(H,17,18);5,7-8,12,15H,4,6H2,1-3H3,(H,16,17);7-9H,4-6H2,1-3H3,(H,15,16);4-7H,1-3H3,(H2,14,15,16);4-8H,1-3H3,(H,14,15);4-6H,1-3H3,(H,13,15)(H,14,16);4-6H,7H2,1-3H3,(H,13,14). The number of aromatic amines is 6. The van der Waals surface area contributed by atoms with Crippen molar-refractivity contribution in [3.8, 4) is 11.5 Å². The highest BCUT2D eigenvalue weighted by Crippen LogP contribution is 2.39. The second kappa shape index (κ2) is 45.8. The van der Waals surface area contributed by atoms with Gasteiger partial charge in [-0.1, -0.05) is 260 Å². The third-order valence-corrected chi connectivity index (χ3v) is 26.0. The fourth-order valence-corrected chi connectivity index (χ4v) is 16.6. The lowest BCUT2D eigenvalue weighted by molar-refractivity contribution is -0.138. The SMILES string of the molecule is CC(C)(C)c1ccc2[nH]c(=O)c(=O)[nH]c2c1.CC(C)(C)c1ccc2[nH]c(=O)cc(C(=O)O)c2c1.CC(C)(C)c1ccc2[nH]c(=O)cc(C(N)=O)c2c1.CC(C)(C)c1ccc2[nH]c(=O)cc(O)c2c1.CC(C)(C)c1ccc2[nH]c(=O)ccc2c1.CC(C)(C)c1ccc2c(c1)CCC(C(=O)O)N2.CC(C)(C)c1ccc2c(c1)CCC(C(N)=O)N2.CC(C)(C)c1ccc2c(c1)CCCC(=O)N2.CC(C)(C)c1ccc2c(c1)OCC(=O)N2. The number of carboxylic acids is 2. The Morgan fingerprint density at radius 3 is 1.10 bits per heavy atom. The van der Waals surface area contributed by atoms with Crippen molar-refractivity contribution in [2.45, 2.75) is 293 Å². The maximum atomic E-state index is 11.4. The average Bonchev–Trinajstić information content (AvgIpc) is 0.796. The minimum atomic E-state index is -1.09. The van der Waals surface area contributed by atoms with Crippen LogP contribution in [0.15, 0.2) is 223 Å². The van der Waals surface area contributed by atoms with Gasteiger partial charge in [-0.3, -0.25) is 47.9 Å². The van der Waals surface area contributed by atoms with E-state index in [1.807, 2.05) is 109 Å². The van der Waals surface area contributed by atoms with Crippen LogP contribution in [-0.2, 0) is 87.2 Å². The topological polar surface area (TPSA) is 470 Å². The van der Waals surface area contributed by atoms with Crippen LogP contribution in [0.25, 0.3) is 54.6 Å². The molecule has 0 bridgehead atoms. The Hall–Kier alpha value is -15.2. The number of carbonyl (C=O) groups is 6. The number of aromatic carboxylic acids is 1. The van der Waals surface area contributed by atoms with Gasteiger partial charge in [0.2, 0.25) is 34.4 Å². The number of aromatic hydroxyl groups is 1. The van der Waals surface area contributed by atoms with Crippen LogP contribution in [-0.4, -0.2) is 99.5 Å². The first-order valence-corrected chi connectivity index (χ1v) is 50.0. The molecule has 2 unspecified atom stereocenters. The highest BCUT2D eigenvalue weighted by molar-refractivity contribution is 6.06. The van der Waals surface area contributed by atoms with E-state index < -0.39 is 40.6 Å². The van der Waals surface area contributed by atoms with E-state index in [1.54, 1.807) is 12.1 Å². The lowest BCUT2D eigenvalue weighted by atomic mass is 9.84. The van der Waals surface area contributed by atoms with Gasteiger partial charge in [0, 0.05) is 80.5 Å². The number of aliphatic carboxylic acids is 1. The Balaban J connectivity index is 0.000000170. The van der Waals surface area contributed by atoms with Crippen LogP contribution in [0.4, 0.5) is 22.7 Å². The summed E-state index contributed by atoms with van der Waals surface area (Å²) in [6, 6.07) is 60.0. The minimum absolute atomic E-state index is 0.0151. The highest BCUT2D eigenvalue weighted by Gasteiger charge is 2.30. The zero-order valence-corrected chi connectivity index (χ0v) is 90.6. The maximum absolute atomic E-state index is 11.4. The number of benzene rings is 9. The lowest BCUT2D eigenvalue weighted by Gasteiger charge is -2.27. The zero-order valence-electron chi connectivity index (χ0n) is 90.6. The van der Waals surface area contributed by atoms with E-state index in [1.165, 1.54) is 56.6 Å². The maximum Gasteiger partial charge on any atom is 0.336 e. The lowest BCUT2D eigenvalue weighted by Crippen LogP contribution is -2.38. The van der Waals surface area contributed by atoms with Crippen molar-refractivity contribution in [3.63, 3.8) is 0 Å². The molecule has 0 radical (unpaired) electrons. The Kier molecular flexibility index (Phi) is 35.5. The van der Waals surface area contributed by atoms with Gasteiger partial charge in [-0.15, -0.1) is 0 Å². The molecule has 148 heavy (non-hydrogen) atoms. The van der Waals surface area contributed by atoms with Gasteiger partial charge < -0.3 is 82.7 Å². The second-order valence-electron chi connectivity index (χ2n) is 47.4. The summed E-state index contributed by atoms with van der Waals surface area (Å²) in [7, 11) is 0. The molecule has 2 atom stereocenters. The van der Waals surface area contributed by atoms with Gasteiger partial charge in [-0.05, 0) is 256 Å². The minimum Gasteiger partial charge on any atom is -0.507 e. The molecule has 0 saturated heterocycles. The van der Waals surface area contributed by atoms with Crippen molar-refractivity contribution in [2.24, 2.45) is 11.5 Å². The van der Waals surface area contributed by atoms with Crippen molar-refractivity contribution in [3.05, 3.63) is 334 Å². The van der Waals surface area contributed by atoms with E-state index in [-0.39, 0.29) is 113 Å². The Morgan fingerprint density at radius 1 is 0.311 bits per heavy atom. The fraction of sp³-hybridized carbons (Fsp3) is 0.383. The summed E-state index contributed by atoms with van der Waals surface area (Å²) in [4.78, 5) is 150. The van der Waals surface area contributed by atoms with E-state index in [2.05, 4.69) is 293 Å². The molecule has 9 heterocycles. The summed E-state index contributed by atoms with van der Waals surface area (Å²) in [5.74, 6) is -1.86. The molecule has 18 rings (SSSR count). The number of aromatic nitrogens is 6. The van der Waals surface area contributed by atoms with Crippen molar-refractivity contribution in [2.75, 3.05) is 27.9 Å². The summed E-state index contributed by atoms with van der Waals surface area (Å²) in [6.45, 7) is 57.9. The predicted octanol–water partition coefficient (Wildman–Crippen LogP) is 21.9. The van der Waals surface area contributed by atoms with E-state index in [0.29, 0.717) is 56.6 Å². The number of H-pyrrole nitrogens is 6. The van der Waals surface area contributed by atoms with Crippen LogP contribution in [0, 0.1) is 0 Å². The quantitative estimate of drug-likeness (QED) is 0.0728. The number of rotatable bonds is 4. The molecular weight excluding hydrogens is 1870 g/mol. The number of hydrogen-bond acceptors (Lipinski definition) is 16. The molecule has 28 heteroatoms. The first-order valence-electron chi connectivity index (χ1n) is 50.0. The number of carbonyl (C=O) groups excluding carboxylic acids is 4. The van der Waals surface area contributed by atoms with Crippen molar-refractivity contribution < 1.29 is 48.8 Å². The third-order valence-electron chi connectivity index (χ3n) is 26.0. The predicted molar refractivity (Wildman–Crippen MR) is 599 cm³/mol. The third kappa shape index (κ3) is 31.2. The van der Waals surface area contributed by atoms with E-state index in [4.69, 9.17) is 26.4 Å². The van der Waals surface area contributed by atoms with Crippen molar-refractivity contribution in [1.29, 1.82) is 0 Å². The number of aryl methyl sites for hydroxylation is 3. The van der Waals surface area contributed by atoms with Gasteiger partial charge in [0.25, 0.3) is 11.5 Å². The molecule has 4 amide bonds. The van der Waals surface area contributed by atoms with Gasteiger partial charge in [0.15, 0.2) is 6.61 Å². The van der Waals surface area contributed by atoms with Crippen molar-refractivity contribution in [1.82, 2.24) is 29.9 Å². The number of nitrogens with two attached hydrogens (primary N) is 2. The summed E-state index contributed by atoms with van der Waals surface area (Å²) in [6.07, 6.45) is 5.79. The van der Waals surface area contributed by atoms with Gasteiger partial charge >= 0.3 is 23.1 Å². The number of anilines is 4. The van der Waals surface area contributed by atoms with Crippen LogP contribution in [0.2, 0.25) is 0 Å². The van der Waals surface area contributed by atoms with Crippen molar-refractivity contribution >= 4 is 113 Å². The number of ether oxygens (including phenoxy) is 1. The van der Waals surface area contributed by atoms with Crippen LogP contribution in [0.5, 0.6) is 11.5 Å².